The molecule has 1 aliphatic carbocycles. The molecule has 3 heteroatoms. The highest BCUT2D eigenvalue weighted by molar-refractivity contribution is 5.88. The van der Waals surface area contributed by atoms with E-state index in [1.807, 2.05) is 18.2 Å². The van der Waals surface area contributed by atoms with Crippen LogP contribution in [0.5, 0.6) is 0 Å². The molecule has 0 spiro atoms. The van der Waals surface area contributed by atoms with Crippen LogP contribution in [0, 0.1) is 11.3 Å². The van der Waals surface area contributed by atoms with Gasteiger partial charge in [0.2, 0.25) is 0 Å². The zero-order valence-corrected chi connectivity index (χ0v) is 16.8. The number of aromatic carboxylic acids is 1. The Bertz CT molecular complexity index is 1010. The van der Waals surface area contributed by atoms with Crippen molar-refractivity contribution in [2.24, 2.45) is 11.3 Å². The fourth-order valence-electron chi connectivity index (χ4n) is 4.36. The van der Waals surface area contributed by atoms with E-state index in [0.717, 1.165) is 36.2 Å². The largest absolute Gasteiger partial charge is 0.478 e. The molecule has 1 aliphatic rings. The van der Waals surface area contributed by atoms with Crippen molar-refractivity contribution in [2.75, 3.05) is 0 Å². The van der Waals surface area contributed by atoms with Crippen molar-refractivity contribution >= 4 is 5.97 Å². The quantitative estimate of drug-likeness (QED) is 0.612. The molecule has 3 aromatic rings. The number of hydrogen-bond donors (Lipinski definition) is 1. The summed E-state index contributed by atoms with van der Waals surface area (Å²) >= 11 is 0. The van der Waals surface area contributed by atoms with Gasteiger partial charge in [0.05, 0.1) is 11.3 Å². The van der Waals surface area contributed by atoms with Crippen LogP contribution >= 0.6 is 0 Å². The van der Waals surface area contributed by atoms with E-state index in [2.05, 4.69) is 55.7 Å². The van der Waals surface area contributed by atoms with Gasteiger partial charge in [0.15, 0.2) is 0 Å². The molecule has 0 fully saturated rings. The lowest BCUT2D eigenvalue weighted by Crippen LogP contribution is -2.27. The molecule has 1 N–H and O–H groups in total. The van der Waals surface area contributed by atoms with E-state index in [1.165, 1.54) is 11.3 Å². The number of nitrogens with zero attached hydrogens (tertiary/aromatic N) is 1. The predicted molar refractivity (Wildman–Crippen MR) is 113 cm³/mol. The standard InChI is InChI=1S/C25H27NO2/c1-25(2,3)20-12-13-22-19(14-20)16-23(17-8-5-4-6-9-17)26(22)21-11-7-10-18(15-21)24(27)28/h4-11,15-16,20H,12-14H2,1-3H3,(H,27,28). The Hall–Kier alpha value is -2.81. The summed E-state index contributed by atoms with van der Waals surface area (Å²) in [5.74, 6) is -0.234. The lowest BCUT2D eigenvalue weighted by Gasteiger charge is -2.34. The summed E-state index contributed by atoms with van der Waals surface area (Å²) < 4.78 is 2.27. The number of hydrogen-bond acceptors (Lipinski definition) is 1. The van der Waals surface area contributed by atoms with Gasteiger partial charge >= 0.3 is 5.97 Å². The van der Waals surface area contributed by atoms with Gasteiger partial charge in [-0.3, -0.25) is 0 Å². The Labute approximate surface area is 166 Å². The van der Waals surface area contributed by atoms with Crippen LogP contribution in [0.25, 0.3) is 16.9 Å². The number of rotatable bonds is 3. The maximum absolute atomic E-state index is 11.5. The SMILES string of the molecule is CC(C)(C)C1CCc2c(cc(-c3ccccc3)n2-c2cccc(C(=O)O)c2)C1. The molecular weight excluding hydrogens is 346 g/mol. The van der Waals surface area contributed by atoms with Crippen molar-refractivity contribution in [1.82, 2.24) is 4.57 Å². The third kappa shape index (κ3) is 3.37. The second-order valence-electron chi connectivity index (χ2n) is 8.86. The maximum Gasteiger partial charge on any atom is 0.335 e. The fraction of sp³-hybridized carbons (Fsp3) is 0.320. The Balaban J connectivity index is 1.89. The minimum absolute atomic E-state index is 0.288. The molecular formula is C25H27NO2. The van der Waals surface area contributed by atoms with E-state index in [-0.39, 0.29) is 5.41 Å². The van der Waals surface area contributed by atoms with Gasteiger partial charge in [0.1, 0.15) is 0 Å². The molecule has 4 rings (SSSR count). The molecule has 1 unspecified atom stereocenters. The van der Waals surface area contributed by atoms with Gasteiger partial charge in [-0.15, -0.1) is 0 Å². The zero-order valence-electron chi connectivity index (χ0n) is 16.8. The van der Waals surface area contributed by atoms with Crippen molar-refractivity contribution in [3.8, 4) is 16.9 Å². The highest BCUT2D eigenvalue weighted by atomic mass is 16.4. The summed E-state index contributed by atoms with van der Waals surface area (Å²) in [6, 6.07) is 20.0. The van der Waals surface area contributed by atoms with Crippen LogP contribution in [0.4, 0.5) is 0 Å². The maximum atomic E-state index is 11.5. The fourth-order valence-corrected chi connectivity index (χ4v) is 4.36. The van der Waals surface area contributed by atoms with E-state index in [1.54, 1.807) is 12.1 Å². The molecule has 3 nitrogen and oxygen atoms in total. The molecule has 1 heterocycles. The molecule has 0 saturated heterocycles. The smallest absolute Gasteiger partial charge is 0.335 e. The summed E-state index contributed by atoms with van der Waals surface area (Å²) in [6.07, 6.45) is 3.25. The number of carbonyl (C=O) groups is 1. The van der Waals surface area contributed by atoms with Gasteiger partial charge in [-0.1, -0.05) is 57.2 Å². The van der Waals surface area contributed by atoms with Crippen molar-refractivity contribution in [3.63, 3.8) is 0 Å². The summed E-state index contributed by atoms with van der Waals surface area (Å²) in [5.41, 5.74) is 6.55. The summed E-state index contributed by atoms with van der Waals surface area (Å²) in [7, 11) is 0. The first kappa shape index (κ1) is 18.5. The second-order valence-corrected chi connectivity index (χ2v) is 8.86. The lowest BCUT2D eigenvalue weighted by molar-refractivity contribution is 0.0697. The van der Waals surface area contributed by atoms with Crippen LogP contribution in [0.1, 0.15) is 48.8 Å². The second kappa shape index (κ2) is 6.97. The Kier molecular flexibility index (Phi) is 4.62. The highest BCUT2D eigenvalue weighted by Crippen LogP contribution is 2.41. The van der Waals surface area contributed by atoms with E-state index < -0.39 is 5.97 Å². The topological polar surface area (TPSA) is 42.2 Å². The first-order chi connectivity index (χ1) is 13.3. The molecule has 1 atom stereocenters. The molecule has 144 valence electrons. The zero-order chi connectivity index (χ0) is 19.9. The summed E-state index contributed by atoms with van der Waals surface area (Å²) in [4.78, 5) is 11.5. The van der Waals surface area contributed by atoms with Crippen molar-refractivity contribution < 1.29 is 9.90 Å². The van der Waals surface area contributed by atoms with Crippen molar-refractivity contribution in [3.05, 3.63) is 77.5 Å². The van der Waals surface area contributed by atoms with Gasteiger partial charge in [-0.2, -0.15) is 0 Å². The first-order valence-corrected chi connectivity index (χ1v) is 9.97. The molecule has 0 amide bonds. The van der Waals surface area contributed by atoms with Gasteiger partial charge in [-0.05, 0) is 66.0 Å². The predicted octanol–water partition coefficient (Wildman–Crippen LogP) is 5.99. The molecule has 2 aromatic carbocycles. The summed E-state index contributed by atoms with van der Waals surface area (Å²) in [6.45, 7) is 6.98. The molecule has 0 bridgehead atoms. The number of aromatic nitrogens is 1. The van der Waals surface area contributed by atoms with Crippen LogP contribution in [-0.4, -0.2) is 15.6 Å². The van der Waals surface area contributed by atoms with Gasteiger partial charge in [-0.25, -0.2) is 4.79 Å². The van der Waals surface area contributed by atoms with Gasteiger partial charge in [0.25, 0.3) is 0 Å². The van der Waals surface area contributed by atoms with Crippen molar-refractivity contribution in [1.29, 1.82) is 0 Å². The Morgan fingerprint density at radius 3 is 2.46 bits per heavy atom. The number of fused-ring (bicyclic) bond motifs is 1. The number of benzene rings is 2. The third-order valence-corrected chi connectivity index (χ3v) is 6.03. The van der Waals surface area contributed by atoms with E-state index >= 15 is 0 Å². The monoisotopic (exact) mass is 373 g/mol. The first-order valence-electron chi connectivity index (χ1n) is 9.97. The van der Waals surface area contributed by atoms with Crippen LogP contribution < -0.4 is 0 Å². The normalized spacial score (nSPS) is 16.6. The van der Waals surface area contributed by atoms with Crippen molar-refractivity contribution in [2.45, 2.75) is 40.0 Å². The third-order valence-electron chi connectivity index (χ3n) is 6.03. The van der Waals surface area contributed by atoms with Crippen LogP contribution in [0.3, 0.4) is 0 Å². The van der Waals surface area contributed by atoms with E-state index in [4.69, 9.17) is 0 Å². The van der Waals surface area contributed by atoms with E-state index in [0.29, 0.717) is 11.5 Å². The van der Waals surface area contributed by atoms with Crippen LogP contribution in [0.2, 0.25) is 0 Å². The summed E-state index contributed by atoms with van der Waals surface area (Å²) in [5, 5.41) is 9.45. The van der Waals surface area contributed by atoms with Crippen LogP contribution in [0.15, 0.2) is 60.7 Å². The number of carboxylic acid groups (broad SMARTS) is 1. The van der Waals surface area contributed by atoms with Gasteiger partial charge < -0.3 is 9.67 Å². The molecule has 0 radical (unpaired) electrons. The van der Waals surface area contributed by atoms with E-state index in [9.17, 15) is 9.90 Å². The minimum Gasteiger partial charge on any atom is -0.478 e. The molecule has 0 aliphatic heterocycles. The average Bonchev–Trinajstić information content (AvgIpc) is 3.07. The lowest BCUT2D eigenvalue weighted by atomic mass is 9.72. The molecule has 1 aromatic heterocycles. The van der Waals surface area contributed by atoms with Gasteiger partial charge in [0, 0.05) is 11.4 Å². The highest BCUT2D eigenvalue weighted by Gasteiger charge is 2.31. The van der Waals surface area contributed by atoms with Crippen LogP contribution in [-0.2, 0) is 12.8 Å². The minimum atomic E-state index is -0.892. The Morgan fingerprint density at radius 1 is 1.04 bits per heavy atom. The molecule has 28 heavy (non-hydrogen) atoms. The average molecular weight is 373 g/mol. The number of carboxylic acids is 1. The Morgan fingerprint density at radius 2 is 1.79 bits per heavy atom. The molecule has 0 saturated carbocycles.